The second-order valence-corrected chi connectivity index (χ2v) is 7.06. The van der Waals surface area contributed by atoms with Crippen molar-refractivity contribution in [3.8, 4) is 11.5 Å². The molecule has 2 saturated heterocycles. The molecule has 0 N–H and O–H groups in total. The van der Waals surface area contributed by atoms with Crippen molar-refractivity contribution in [1.29, 1.82) is 0 Å². The van der Waals surface area contributed by atoms with Gasteiger partial charge < -0.3 is 28.3 Å². The van der Waals surface area contributed by atoms with Crippen LogP contribution in [0.2, 0.25) is 5.82 Å². The molecule has 1 spiro atoms. The molecule has 0 radical (unpaired) electrons. The maximum atomic E-state index is 6.16. The van der Waals surface area contributed by atoms with Gasteiger partial charge >= 0.3 is 7.12 Å². The Morgan fingerprint density at radius 1 is 1.09 bits per heavy atom. The van der Waals surface area contributed by atoms with Gasteiger partial charge in [-0.2, -0.15) is 0 Å². The van der Waals surface area contributed by atoms with E-state index in [4.69, 9.17) is 28.3 Å². The lowest BCUT2D eigenvalue weighted by atomic mass is 9.79. The largest absolute Gasteiger partial charge is 0.601 e. The average Bonchev–Trinajstić information content (AvgIpc) is 2.80. The second kappa shape index (κ2) is 4.42. The van der Waals surface area contributed by atoms with E-state index in [1.165, 1.54) is 0 Å². The van der Waals surface area contributed by atoms with Crippen LogP contribution in [0.5, 0.6) is 11.5 Å². The van der Waals surface area contributed by atoms with Crippen LogP contribution in [0.1, 0.15) is 20.3 Å². The van der Waals surface area contributed by atoms with Crippen molar-refractivity contribution < 1.29 is 28.3 Å². The number of rotatable bonds is 2. The monoisotopic (exact) mass is 318 g/mol. The number of hydrogen-bond acceptors (Lipinski definition) is 6. The van der Waals surface area contributed by atoms with Crippen molar-refractivity contribution in [1.82, 2.24) is 0 Å². The van der Waals surface area contributed by atoms with Crippen molar-refractivity contribution in [2.24, 2.45) is 0 Å². The van der Waals surface area contributed by atoms with Gasteiger partial charge in [-0.25, -0.2) is 0 Å². The predicted octanol–water partition coefficient (Wildman–Crippen LogP) is 1.98. The first-order valence-electron chi connectivity index (χ1n) is 8.01. The Bertz CT molecular complexity index is 626. The quantitative estimate of drug-likeness (QED) is 0.777. The highest BCUT2D eigenvalue weighted by Crippen LogP contribution is 2.65. The van der Waals surface area contributed by atoms with Gasteiger partial charge in [0, 0.05) is 7.11 Å². The first kappa shape index (κ1) is 14.1. The molecule has 7 heteroatoms. The van der Waals surface area contributed by atoms with Crippen LogP contribution >= 0.6 is 0 Å². The summed E-state index contributed by atoms with van der Waals surface area (Å²) < 4.78 is 35.6. The maximum Gasteiger partial charge on any atom is 0.601 e. The van der Waals surface area contributed by atoms with Gasteiger partial charge in [-0.3, -0.25) is 0 Å². The van der Waals surface area contributed by atoms with Gasteiger partial charge in [-0.15, -0.1) is 0 Å². The van der Waals surface area contributed by atoms with E-state index in [1.807, 2.05) is 38.1 Å². The molecule has 5 atom stereocenters. The zero-order valence-corrected chi connectivity index (χ0v) is 13.4. The van der Waals surface area contributed by atoms with Crippen LogP contribution in [0.3, 0.4) is 0 Å². The fourth-order valence-corrected chi connectivity index (χ4v) is 4.06. The molecule has 3 aliphatic heterocycles. The van der Waals surface area contributed by atoms with Crippen LogP contribution < -0.4 is 9.31 Å². The molecule has 3 fully saturated rings. The van der Waals surface area contributed by atoms with Crippen LogP contribution in [0.15, 0.2) is 24.3 Å². The molecule has 23 heavy (non-hydrogen) atoms. The number of ether oxygens (including phenoxy) is 4. The van der Waals surface area contributed by atoms with E-state index in [-0.39, 0.29) is 25.1 Å². The maximum absolute atomic E-state index is 6.16. The highest BCUT2D eigenvalue weighted by Gasteiger charge is 2.78. The molecule has 5 rings (SSSR count). The van der Waals surface area contributed by atoms with Crippen LogP contribution in [0, 0.1) is 0 Å². The van der Waals surface area contributed by atoms with Crippen LogP contribution in [-0.2, 0) is 18.9 Å². The summed E-state index contributed by atoms with van der Waals surface area (Å²) in [5.74, 6) is 1.03. The van der Waals surface area contributed by atoms with E-state index >= 15 is 0 Å². The average molecular weight is 318 g/mol. The molecule has 3 heterocycles. The number of methoxy groups -OCH3 is 1. The molecule has 4 aliphatic rings. The van der Waals surface area contributed by atoms with Gasteiger partial charge in [-0.1, -0.05) is 12.1 Å². The molecular formula is C16H19BO6. The third kappa shape index (κ3) is 1.91. The lowest BCUT2D eigenvalue weighted by Gasteiger charge is -2.24. The predicted molar refractivity (Wildman–Crippen MR) is 80.3 cm³/mol. The van der Waals surface area contributed by atoms with Crippen molar-refractivity contribution in [2.75, 3.05) is 7.11 Å². The first-order chi connectivity index (χ1) is 11.0. The highest BCUT2D eigenvalue weighted by atomic mass is 16.8. The van der Waals surface area contributed by atoms with E-state index in [0.29, 0.717) is 0 Å². The summed E-state index contributed by atoms with van der Waals surface area (Å²) >= 11 is 0. The number of fused-ring (bicyclic) bond motifs is 3. The van der Waals surface area contributed by atoms with Crippen LogP contribution in [0.25, 0.3) is 0 Å². The Kier molecular flexibility index (Phi) is 2.71. The zero-order chi connectivity index (χ0) is 15.8. The van der Waals surface area contributed by atoms with Crippen LogP contribution in [0.4, 0.5) is 0 Å². The summed E-state index contributed by atoms with van der Waals surface area (Å²) in [5, 5.41) is 0. The van der Waals surface area contributed by atoms with E-state index in [9.17, 15) is 0 Å². The fourth-order valence-electron chi connectivity index (χ4n) is 4.06. The van der Waals surface area contributed by atoms with E-state index in [0.717, 1.165) is 17.9 Å². The molecule has 1 aromatic rings. The Labute approximate surface area is 135 Å². The van der Waals surface area contributed by atoms with Crippen molar-refractivity contribution in [3.05, 3.63) is 24.3 Å². The third-order valence-electron chi connectivity index (χ3n) is 5.12. The molecule has 4 unspecified atom stereocenters. The van der Waals surface area contributed by atoms with Crippen molar-refractivity contribution in [2.45, 2.75) is 56.0 Å². The van der Waals surface area contributed by atoms with E-state index in [2.05, 4.69) is 0 Å². The van der Waals surface area contributed by atoms with Crippen molar-refractivity contribution >= 4 is 7.12 Å². The molecular weight excluding hydrogens is 299 g/mol. The Balaban J connectivity index is 1.39. The Morgan fingerprint density at radius 3 is 2.43 bits per heavy atom. The molecule has 0 bridgehead atoms. The number of hydrogen-bond donors (Lipinski definition) is 0. The molecule has 1 aliphatic carbocycles. The van der Waals surface area contributed by atoms with Crippen molar-refractivity contribution in [3.63, 3.8) is 0 Å². The van der Waals surface area contributed by atoms with Gasteiger partial charge in [0.1, 0.15) is 29.3 Å². The standard InChI is InChI=1S/C16H19BO6/c1-15(2)19-12-13(20-15)16(21-14(12)18-3)8-11(16)17-22-9-6-4-5-7-10(9)23-17/h4-7,11-14H,8H2,1-3H3/t11?,12?,13?,14?,16-/m1/s1. The molecule has 1 saturated carbocycles. The van der Waals surface area contributed by atoms with E-state index in [1.54, 1.807) is 7.11 Å². The summed E-state index contributed by atoms with van der Waals surface area (Å²) in [5.41, 5.74) is -0.453. The highest BCUT2D eigenvalue weighted by molar-refractivity contribution is 6.51. The number of benzene rings is 1. The van der Waals surface area contributed by atoms with Gasteiger partial charge in [0.05, 0.1) is 5.82 Å². The summed E-state index contributed by atoms with van der Waals surface area (Å²) in [6, 6.07) is 7.71. The Morgan fingerprint density at radius 2 is 1.78 bits per heavy atom. The SMILES string of the molecule is COC1O[C@@]2(CC2B2Oc3ccccc3O2)C2OC(C)(C)OC12. The fraction of sp³-hybridized carbons (Fsp3) is 0.625. The second-order valence-electron chi connectivity index (χ2n) is 7.06. The minimum absolute atomic E-state index is 0.0973. The summed E-state index contributed by atoms with van der Waals surface area (Å²) in [6.45, 7) is 3.84. The number of para-hydroxylation sites is 2. The third-order valence-corrected chi connectivity index (χ3v) is 5.12. The molecule has 0 aromatic heterocycles. The van der Waals surface area contributed by atoms with Gasteiger partial charge in [0.15, 0.2) is 12.1 Å². The molecule has 1 aromatic carbocycles. The molecule has 6 nitrogen and oxygen atoms in total. The summed E-state index contributed by atoms with van der Waals surface area (Å²) in [4.78, 5) is 0. The Hall–Kier alpha value is -1.28. The van der Waals surface area contributed by atoms with Gasteiger partial charge in [0.25, 0.3) is 0 Å². The zero-order valence-electron chi connectivity index (χ0n) is 13.4. The lowest BCUT2D eigenvalue weighted by molar-refractivity contribution is -0.232. The first-order valence-corrected chi connectivity index (χ1v) is 8.01. The van der Waals surface area contributed by atoms with Crippen LogP contribution in [-0.4, -0.2) is 44.1 Å². The minimum atomic E-state index is -0.629. The van der Waals surface area contributed by atoms with E-state index < -0.39 is 17.7 Å². The topological polar surface area (TPSA) is 55.4 Å². The normalized spacial score (nSPS) is 42.3. The molecule has 0 amide bonds. The van der Waals surface area contributed by atoms with Gasteiger partial charge in [-0.05, 0) is 32.4 Å². The summed E-state index contributed by atoms with van der Waals surface area (Å²) in [7, 11) is 1.28. The van der Waals surface area contributed by atoms with Gasteiger partial charge in [0.2, 0.25) is 0 Å². The minimum Gasteiger partial charge on any atom is -0.523 e. The molecule has 122 valence electrons. The summed E-state index contributed by atoms with van der Waals surface area (Å²) in [6.07, 6.45) is 0.00857. The smallest absolute Gasteiger partial charge is 0.523 e. The lowest BCUT2D eigenvalue weighted by Crippen LogP contribution is -2.37.